The molecule has 11 heteroatoms. The minimum atomic E-state index is -4.63. The number of halogens is 3. The summed E-state index contributed by atoms with van der Waals surface area (Å²) in [5, 5.41) is -0.407. The zero-order valence-electron chi connectivity index (χ0n) is 20.9. The summed E-state index contributed by atoms with van der Waals surface area (Å²) in [7, 11) is 0. The number of amides is 2. The van der Waals surface area contributed by atoms with Gasteiger partial charge in [-0.25, -0.2) is 4.90 Å². The van der Waals surface area contributed by atoms with Gasteiger partial charge in [0.05, 0.1) is 22.2 Å². The number of hydrogen-bond acceptors (Lipinski definition) is 6. The Bertz CT molecular complexity index is 1660. The molecule has 0 spiro atoms. The van der Waals surface area contributed by atoms with E-state index in [4.69, 9.17) is 4.74 Å². The Hall–Kier alpha value is -3.83. The summed E-state index contributed by atoms with van der Waals surface area (Å²) >= 11 is 2.04. The van der Waals surface area contributed by atoms with Crippen LogP contribution in [-0.4, -0.2) is 22.0 Å². The van der Waals surface area contributed by atoms with Crippen molar-refractivity contribution in [1.29, 1.82) is 0 Å². The van der Waals surface area contributed by atoms with Crippen molar-refractivity contribution in [1.82, 2.24) is 4.98 Å². The summed E-state index contributed by atoms with van der Waals surface area (Å²) in [5.74, 6) is -2.14. The molecule has 1 saturated heterocycles. The number of thiazole rings is 1. The van der Waals surface area contributed by atoms with Gasteiger partial charge in [-0.3, -0.25) is 14.4 Å². The number of ether oxygens (including phenoxy) is 1. The fraction of sp³-hybridized carbons (Fsp3) is 0.207. The quantitative estimate of drug-likeness (QED) is 0.286. The number of thioether (sulfide) groups is 1. The number of benzene rings is 3. The van der Waals surface area contributed by atoms with Gasteiger partial charge in [-0.15, -0.1) is 0 Å². The first-order valence-corrected chi connectivity index (χ1v) is 14.0. The van der Waals surface area contributed by atoms with E-state index < -0.39 is 40.6 Å². The number of carbonyl (C=O) groups excluding carboxylic acids is 2. The molecule has 3 unspecified atom stereocenters. The molecule has 0 saturated carbocycles. The van der Waals surface area contributed by atoms with E-state index in [1.54, 1.807) is 24.3 Å². The first-order valence-electron chi connectivity index (χ1n) is 12.3. The van der Waals surface area contributed by atoms with Gasteiger partial charge in [-0.2, -0.15) is 13.2 Å². The number of carbonyl (C=O) groups is 2. The van der Waals surface area contributed by atoms with Crippen molar-refractivity contribution in [3.05, 3.63) is 110 Å². The lowest BCUT2D eigenvalue weighted by Gasteiger charge is -2.29. The fourth-order valence-corrected chi connectivity index (χ4v) is 7.59. The number of fused-ring (bicyclic) bond motifs is 2. The number of nitrogens with zero attached hydrogens (tertiary/aromatic N) is 1. The van der Waals surface area contributed by atoms with E-state index in [9.17, 15) is 27.6 Å². The highest BCUT2D eigenvalue weighted by Crippen LogP contribution is 2.53. The Labute approximate surface area is 234 Å². The number of alkyl halides is 3. The minimum Gasteiger partial charge on any atom is -0.489 e. The standard InChI is InChI=1S/C29H21F3N2O4S2/c1-15-5-7-16(8-6-15)14-38-20-11-9-17(10-12-20)21-22-24(39-25-23(21)40-28(37)33-25)27(36)34(26(22)35)19-4-2-3-18(13-19)29(30,31)32/h2-13,21-22,24H,14H2,1H3,(H,33,37). The molecule has 6 rings (SSSR count). The van der Waals surface area contributed by atoms with Crippen LogP contribution in [0, 0.1) is 12.8 Å². The molecule has 0 bridgehead atoms. The van der Waals surface area contributed by atoms with Gasteiger partial charge < -0.3 is 9.72 Å². The number of aryl methyl sites for hydroxylation is 1. The molecule has 1 N–H and O–H groups in total. The molecular formula is C29H21F3N2O4S2. The molecule has 2 amide bonds. The summed E-state index contributed by atoms with van der Waals surface area (Å²) in [5.41, 5.74) is 1.77. The summed E-state index contributed by atoms with van der Waals surface area (Å²) in [6.45, 7) is 2.37. The van der Waals surface area contributed by atoms with Crippen LogP contribution in [0.4, 0.5) is 18.9 Å². The smallest absolute Gasteiger partial charge is 0.416 e. The van der Waals surface area contributed by atoms with E-state index in [1.165, 1.54) is 12.1 Å². The van der Waals surface area contributed by atoms with Gasteiger partial charge in [0.1, 0.15) is 17.6 Å². The number of hydrogen-bond donors (Lipinski definition) is 1. The summed E-state index contributed by atoms with van der Waals surface area (Å²) in [6, 6.07) is 19.3. The maximum absolute atomic E-state index is 13.8. The first-order chi connectivity index (χ1) is 19.1. The highest BCUT2D eigenvalue weighted by Gasteiger charge is 2.56. The predicted octanol–water partition coefficient (Wildman–Crippen LogP) is 6.14. The van der Waals surface area contributed by atoms with Crippen LogP contribution >= 0.6 is 23.1 Å². The largest absolute Gasteiger partial charge is 0.489 e. The lowest BCUT2D eigenvalue weighted by atomic mass is 9.83. The first kappa shape index (κ1) is 26.4. The third-order valence-corrected chi connectivity index (χ3v) is 9.42. The maximum Gasteiger partial charge on any atom is 0.416 e. The topological polar surface area (TPSA) is 79.5 Å². The molecular weight excluding hydrogens is 561 g/mol. The van der Waals surface area contributed by atoms with Crippen molar-refractivity contribution in [2.45, 2.75) is 35.9 Å². The summed E-state index contributed by atoms with van der Waals surface area (Å²) < 4.78 is 46.0. The van der Waals surface area contributed by atoms with Crippen LogP contribution in [0.2, 0.25) is 0 Å². The zero-order chi connectivity index (χ0) is 28.2. The highest BCUT2D eigenvalue weighted by molar-refractivity contribution is 8.00. The maximum atomic E-state index is 13.8. The lowest BCUT2D eigenvalue weighted by molar-refractivity contribution is -0.137. The van der Waals surface area contributed by atoms with E-state index in [0.717, 1.165) is 51.3 Å². The molecule has 0 radical (unpaired) electrons. The second kappa shape index (κ2) is 9.97. The Morgan fingerprint density at radius 2 is 1.68 bits per heavy atom. The van der Waals surface area contributed by atoms with Crippen molar-refractivity contribution in [2.75, 3.05) is 4.90 Å². The van der Waals surface area contributed by atoms with Gasteiger partial charge in [0.25, 0.3) is 0 Å². The van der Waals surface area contributed by atoms with Crippen LogP contribution < -0.4 is 14.5 Å². The van der Waals surface area contributed by atoms with Crippen LogP contribution in [-0.2, 0) is 22.4 Å². The number of rotatable bonds is 5. The molecule has 40 heavy (non-hydrogen) atoms. The van der Waals surface area contributed by atoms with Gasteiger partial charge in [-0.1, -0.05) is 71.1 Å². The number of aromatic nitrogens is 1. The Morgan fingerprint density at radius 3 is 2.38 bits per heavy atom. The van der Waals surface area contributed by atoms with Crippen LogP contribution in [0.5, 0.6) is 5.75 Å². The van der Waals surface area contributed by atoms with Gasteiger partial charge in [0.15, 0.2) is 0 Å². The van der Waals surface area contributed by atoms with E-state index in [0.29, 0.717) is 27.8 Å². The third-order valence-electron chi connectivity index (χ3n) is 7.02. The third kappa shape index (κ3) is 4.73. The number of H-pyrrole nitrogens is 1. The van der Waals surface area contributed by atoms with Crippen molar-refractivity contribution < 1.29 is 27.5 Å². The fourth-order valence-electron chi connectivity index (χ4n) is 5.07. The number of nitrogens with one attached hydrogen (secondary N) is 1. The molecule has 0 aliphatic carbocycles. The SMILES string of the molecule is Cc1ccc(COc2ccc(C3c4sc(=O)[nH]c4SC4C(=O)N(c5cccc(C(F)(F)F)c5)C(=O)C43)cc2)cc1. The van der Waals surface area contributed by atoms with Crippen molar-refractivity contribution in [3.8, 4) is 5.75 Å². The van der Waals surface area contributed by atoms with Gasteiger partial charge in [0.2, 0.25) is 11.8 Å². The number of anilines is 1. The molecule has 3 aromatic carbocycles. The van der Waals surface area contributed by atoms with Crippen LogP contribution in [0.25, 0.3) is 0 Å². The summed E-state index contributed by atoms with van der Waals surface area (Å²) in [4.78, 5) is 43.4. The van der Waals surface area contributed by atoms with Crippen LogP contribution in [0.3, 0.4) is 0 Å². The Balaban J connectivity index is 1.32. The molecule has 2 aliphatic rings. The van der Waals surface area contributed by atoms with Crippen molar-refractivity contribution >= 4 is 40.6 Å². The van der Waals surface area contributed by atoms with Crippen molar-refractivity contribution in [2.24, 2.45) is 5.92 Å². The molecule has 1 fully saturated rings. The Kier molecular flexibility index (Phi) is 6.58. The van der Waals surface area contributed by atoms with Gasteiger partial charge in [-0.05, 0) is 48.4 Å². The second-order valence-electron chi connectivity index (χ2n) is 9.65. The lowest BCUT2D eigenvalue weighted by Crippen LogP contribution is -2.32. The van der Waals surface area contributed by atoms with Crippen molar-refractivity contribution in [3.63, 3.8) is 0 Å². The molecule has 3 heterocycles. The van der Waals surface area contributed by atoms with Gasteiger partial charge >= 0.3 is 11.0 Å². The zero-order valence-corrected chi connectivity index (χ0v) is 22.5. The predicted molar refractivity (Wildman–Crippen MR) is 146 cm³/mol. The minimum absolute atomic E-state index is 0.129. The monoisotopic (exact) mass is 582 g/mol. The number of imide groups is 1. The van der Waals surface area contributed by atoms with Crippen LogP contribution in [0.1, 0.15) is 33.0 Å². The average molecular weight is 583 g/mol. The van der Waals surface area contributed by atoms with E-state index in [-0.39, 0.29) is 10.6 Å². The van der Waals surface area contributed by atoms with Gasteiger partial charge in [0, 0.05) is 10.8 Å². The highest BCUT2D eigenvalue weighted by atomic mass is 32.2. The van der Waals surface area contributed by atoms with E-state index in [2.05, 4.69) is 4.98 Å². The number of aromatic amines is 1. The molecule has 4 aromatic rings. The van der Waals surface area contributed by atoms with E-state index in [1.807, 2.05) is 31.2 Å². The molecule has 3 atom stereocenters. The molecule has 204 valence electrons. The molecule has 1 aromatic heterocycles. The summed E-state index contributed by atoms with van der Waals surface area (Å²) in [6.07, 6.45) is -4.63. The van der Waals surface area contributed by atoms with Crippen LogP contribution in [0.15, 0.2) is 82.6 Å². The molecule has 2 aliphatic heterocycles. The average Bonchev–Trinajstić information content (AvgIpc) is 3.42. The Morgan fingerprint density at radius 1 is 0.950 bits per heavy atom. The normalized spacial score (nSPS) is 20.4. The molecule has 6 nitrogen and oxygen atoms in total. The van der Waals surface area contributed by atoms with E-state index >= 15 is 0 Å². The second-order valence-corrected chi connectivity index (χ2v) is 11.8.